The number of carbonyl (C=O) groups excluding carboxylic acids is 1. The minimum absolute atomic E-state index is 0.172. The summed E-state index contributed by atoms with van der Waals surface area (Å²) in [6, 6.07) is 1.65. The van der Waals surface area contributed by atoms with Crippen LogP contribution in [0.1, 0.15) is 24.0 Å². The van der Waals surface area contributed by atoms with Crippen LogP contribution in [0.15, 0.2) is 15.0 Å². The molecule has 0 fully saturated rings. The summed E-state index contributed by atoms with van der Waals surface area (Å²) in [6.07, 6.45) is 0.664. The van der Waals surface area contributed by atoms with Crippen molar-refractivity contribution in [2.45, 2.75) is 26.7 Å². The molecule has 0 unspecified atom stereocenters. The van der Waals surface area contributed by atoms with Crippen molar-refractivity contribution in [3.63, 3.8) is 0 Å². The number of hydrogen-bond acceptors (Lipinski definition) is 6. The molecule has 2 aromatic heterocycles. The zero-order chi connectivity index (χ0) is 12.3. The molecule has 0 atom stereocenters. The molecule has 0 aromatic carbocycles. The summed E-state index contributed by atoms with van der Waals surface area (Å²) in [5.41, 5.74) is 0. The summed E-state index contributed by atoms with van der Waals surface area (Å²) >= 11 is 0. The topological polar surface area (TPSA) is 94.1 Å². The van der Waals surface area contributed by atoms with Crippen LogP contribution in [0, 0.1) is 13.8 Å². The maximum absolute atomic E-state index is 11.5. The van der Waals surface area contributed by atoms with Gasteiger partial charge in [0.2, 0.25) is 17.7 Å². The number of nitrogens with one attached hydrogen (secondary N) is 1. The lowest BCUT2D eigenvalue weighted by molar-refractivity contribution is -0.116. The van der Waals surface area contributed by atoms with Crippen LogP contribution < -0.4 is 5.32 Å². The molecule has 7 heteroatoms. The second kappa shape index (κ2) is 4.77. The molecule has 0 bridgehead atoms. The molecule has 0 aliphatic heterocycles. The summed E-state index contributed by atoms with van der Waals surface area (Å²) in [4.78, 5) is 11.5. The van der Waals surface area contributed by atoms with E-state index in [1.165, 1.54) is 0 Å². The Morgan fingerprint density at radius 3 is 2.82 bits per heavy atom. The number of hydrogen-bond donors (Lipinski definition) is 1. The monoisotopic (exact) mass is 236 g/mol. The number of carbonyl (C=O) groups is 1. The smallest absolute Gasteiger partial charge is 0.226 e. The van der Waals surface area contributed by atoms with E-state index in [9.17, 15) is 4.79 Å². The van der Waals surface area contributed by atoms with Crippen LogP contribution in [0.3, 0.4) is 0 Å². The van der Waals surface area contributed by atoms with Gasteiger partial charge in [-0.15, -0.1) is 10.2 Å². The fourth-order valence-electron chi connectivity index (χ4n) is 1.29. The highest BCUT2D eigenvalue weighted by molar-refractivity contribution is 5.89. The number of amides is 1. The molecule has 2 aromatic rings. The molecule has 0 spiro atoms. The summed E-state index contributed by atoms with van der Waals surface area (Å²) in [6.45, 7) is 3.46. The Labute approximate surface area is 97.2 Å². The quantitative estimate of drug-likeness (QED) is 0.858. The summed E-state index contributed by atoms with van der Waals surface area (Å²) < 4.78 is 9.98. The highest BCUT2D eigenvalue weighted by atomic mass is 16.5. The second-order valence-electron chi connectivity index (χ2n) is 3.59. The maximum Gasteiger partial charge on any atom is 0.226 e. The molecule has 0 saturated heterocycles. The average molecular weight is 236 g/mol. The molecule has 0 aliphatic carbocycles. The minimum atomic E-state index is -0.172. The standard InChI is InChI=1S/C10H12N4O3/c1-6-5-8(14-17-6)11-9(15)3-4-10-13-12-7(2)16-10/h5H,3-4H2,1-2H3,(H,11,14,15). The molecular weight excluding hydrogens is 224 g/mol. The molecule has 0 saturated carbocycles. The van der Waals surface area contributed by atoms with Crippen molar-refractivity contribution >= 4 is 11.7 Å². The molecule has 2 heterocycles. The molecule has 0 radical (unpaired) electrons. The maximum atomic E-state index is 11.5. The number of anilines is 1. The van der Waals surface area contributed by atoms with Crippen LogP contribution in [0.4, 0.5) is 5.82 Å². The van der Waals surface area contributed by atoms with Gasteiger partial charge in [0.05, 0.1) is 0 Å². The lowest BCUT2D eigenvalue weighted by Gasteiger charge is -1.98. The predicted octanol–water partition coefficient (Wildman–Crippen LogP) is 1.25. The van der Waals surface area contributed by atoms with Crippen LogP contribution in [0.5, 0.6) is 0 Å². The first-order valence-electron chi connectivity index (χ1n) is 5.15. The van der Waals surface area contributed by atoms with Gasteiger partial charge in [-0.05, 0) is 6.92 Å². The van der Waals surface area contributed by atoms with Gasteiger partial charge in [0, 0.05) is 25.8 Å². The Kier molecular flexibility index (Phi) is 3.17. The predicted molar refractivity (Wildman–Crippen MR) is 57.2 cm³/mol. The molecule has 1 N–H and O–H groups in total. The van der Waals surface area contributed by atoms with E-state index in [-0.39, 0.29) is 12.3 Å². The van der Waals surface area contributed by atoms with E-state index in [2.05, 4.69) is 20.7 Å². The summed E-state index contributed by atoms with van der Waals surface area (Å²) in [5, 5.41) is 13.7. The molecule has 7 nitrogen and oxygen atoms in total. The van der Waals surface area contributed by atoms with E-state index in [4.69, 9.17) is 8.94 Å². The van der Waals surface area contributed by atoms with Crippen molar-refractivity contribution < 1.29 is 13.7 Å². The zero-order valence-corrected chi connectivity index (χ0v) is 9.56. The van der Waals surface area contributed by atoms with Gasteiger partial charge < -0.3 is 14.3 Å². The van der Waals surface area contributed by atoms with Gasteiger partial charge in [-0.2, -0.15) is 0 Å². The van der Waals surface area contributed by atoms with Crippen molar-refractivity contribution in [3.05, 3.63) is 23.6 Å². The van der Waals surface area contributed by atoms with Crippen LogP contribution in [0.2, 0.25) is 0 Å². The molecular formula is C10H12N4O3. The Morgan fingerprint density at radius 1 is 1.41 bits per heavy atom. The first kappa shape index (κ1) is 11.3. The van der Waals surface area contributed by atoms with Gasteiger partial charge in [-0.3, -0.25) is 4.79 Å². The van der Waals surface area contributed by atoms with Crippen LogP contribution in [0.25, 0.3) is 0 Å². The van der Waals surface area contributed by atoms with E-state index < -0.39 is 0 Å². The van der Waals surface area contributed by atoms with E-state index in [0.29, 0.717) is 29.8 Å². The van der Waals surface area contributed by atoms with Crippen molar-refractivity contribution in [1.82, 2.24) is 15.4 Å². The van der Waals surface area contributed by atoms with Gasteiger partial charge in [-0.1, -0.05) is 5.16 Å². The first-order valence-corrected chi connectivity index (χ1v) is 5.15. The molecule has 90 valence electrons. The van der Waals surface area contributed by atoms with Crippen molar-refractivity contribution in [2.75, 3.05) is 5.32 Å². The third-order valence-electron chi connectivity index (χ3n) is 2.03. The van der Waals surface area contributed by atoms with E-state index in [0.717, 1.165) is 0 Å². The number of rotatable bonds is 4. The van der Waals surface area contributed by atoms with E-state index in [1.807, 2.05) is 0 Å². The second-order valence-corrected chi connectivity index (χ2v) is 3.59. The zero-order valence-electron chi connectivity index (χ0n) is 9.56. The fourth-order valence-corrected chi connectivity index (χ4v) is 1.29. The highest BCUT2D eigenvalue weighted by Gasteiger charge is 2.09. The molecule has 1 amide bonds. The summed E-state index contributed by atoms with van der Waals surface area (Å²) in [5.74, 6) is 1.83. The number of aromatic nitrogens is 3. The van der Waals surface area contributed by atoms with Crippen LogP contribution in [-0.2, 0) is 11.2 Å². The third kappa shape index (κ3) is 3.13. The average Bonchev–Trinajstić information content (AvgIpc) is 2.85. The lowest BCUT2D eigenvalue weighted by atomic mass is 10.3. The van der Waals surface area contributed by atoms with E-state index >= 15 is 0 Å². The largest absolute Gasteiger partial charge is 0.426 e. The van der Waals surface area contributed by atoms with Crippen molar-refractivity contribution in [1.29, 1.82) is 0 Å². The SMILES string of the molecule is Cc1cc(NC(=O)CCc2nnc(C)o2)no1. The normalized spacial score (nSPS) is 10.5. The Bertz CT molecular complexity index is 517. The Hall–Kier alpha value is -2.18. The van der Waals surface area contributed by atoms with Gasteiger partial charge in [0.25, 0.3) is 0 Å². The highest BCUT2D eigenvalue weighted by Crippen LogP contribution is 2.08. The lowest BCUT2D eigenvalue weighted by Crippen LogP contribution is -2.12. The van der Waals surface area contributed by atoms with Gasteiger partial charge in [-0.25, -0.2) is 0 Å². The van der Waals surface area contributed by atoms with Crippen molar-refractivity contribution in [2.24, 2.45) is 0 Å². The Balaban J connectivity index is 1.82. The van der Waals surface area contributed by atoms with Crippen LogP contribution >= 0.6 is 0 Å². The molecule has 17 heavy (non-hydrogen) atoms. The van der Waals surface area contributed by atoms with Gasteiger partial charge in [0.1, 0.15) is 5.76 Å². The number of aryl methyl sites for hydroxylation is 3. The Morgan fingerprint density at radius 2 is 2.24 bits per heavy atom. The first-order chi connectivity index (χ1) is 8.13. The van der Waals surface area contributed by atoms with Gasteiger partial charge in [0.15, 0.2) is 5.82 Å². The van der Waals surface area contributed by atoms with Crippen LogP contribution in [-0.4, -0.2) is 21.3 Å². The van der Waals surface area contributed by atoms with Crippen molar-refractivity contribution in [3.8, 4) is 0 Å². The number of nitrogens with zero attached hydrogens (tertiary/aromatic N) is 3. The fraction of sp³-hybridized carbons (Fsp3) is 0.400. The van der Waals surface area contributed by atoms with E-state index in [1.54, 1.807) is 19.9 Å². The van der Waals surface area contributed by atoms with Gasteiger partial charge >= 0.3 is 0 Å². The summed E-state index contributed by atoms with van der Waals surface area (Å²) in [7, 11) is 0. The minimum Gasteiger partial charge on any atom is -0.426 e. The molecule has 2 rings (SSSR count). The molecule has 0 aliphatic rings. The third-order valence-corrected chi connectivity index (χ3v) is 2.03.